The first-order valence-electron chi connectivity index (χ1n) is 5.50. The molecule has 0 saturated carbocycles. The Morgan fingerprint density at radius 2 is 2.26 bits per heavy atom. The van der Waals surface area contributed by atoms with Gasteiger partial charge in [-0.2, -0.15) is 11.8 Å². The summed E-state index contributed by atoms with van der Waals surface area (Å²) in [4.78, 5) is 25.6. The van der Waals surface area contributed by atoms with E-state index < -0.39 is 10.8 Å². The number of thioether (sulfide) groups is 1. The first-order valence-corrected chi connectivity index (χ1v) is 6.72. The highest BCUT2D eigenvalue weighted by molar-refractivity contribution is 7.99. The molecule has 3 N–H and O–H groups in total. The van der Waals surface area contributed by atoms with Crippen molar-refractivity contribution in [2.75, 3.05) is 18.5 Å². The van der Waals surface area contributed by atoms with E-state index in [-0.39, 0.29) is 21.8 Å². The number of nitrogen functional groups attached to an aromatic ring is 1. The standard InChI is InChI=1S/C11H16N4O3S/c1-11(2,19-3)6-14-10(16)8-4-7(15(17)18)5-13-9(8)12/h4-5H,6H2,1-3H3,(H2,12,13)(H,14,16). The first kappa shape index (κ1) is 15.2. The molecule has 0 bridgehead atoms. The van der Waals surface area contributed by atoms with Gasteiger partial charge in [-0.15, -0.1) is 0 Å². The lowest BCUT2D eigenvalue weighted by atomic mass is 10.2. The average Bonchev–Trinajstić information content (AvgIpc) is 2.36. The maximum Gasteiger partial charge on any atom is 0.288 e. The number of pyridine rings is 1. The fourth-order valence-corrected chi connectivity index (χ4v) is 1.42. The van der Waals surface area contributed by atoms with Gasteiger partial charge in [0.25, 0.3) is 11.6 Å². The highest BCUT2D eigenvalue weighted by atomic mass is 32.2. The number of carbonyl (C=O) groups excluding carboxylic acids is 1. The zero-order chi connectivity index (χ0) is 14.6. The summed E-state index contributed by atoms with van der Waals surface area (Å²) in [7, 11) is 0. The molecule has 0 spiro atoms. The molecule has 19 heavy (non-hydrogen) atoms. The maximum absolute atomic E-state index is 11.9. The van der Waals surface area contributed by atoms with Crippen molar-refractivity contribution >= 4 is 29.2 Å². The number of carbonyl (C=O) groups is 1. The topological polar surface area (TPSA) is 111 Å². The van der Waals surface area contributed by atoms with Crippen molar-refractivity contribution < 1.29 is 9.72 Å². The molecule has 1 aromatic rings. The van der Waals surface area contributed by atoms with Gasteiger partial charge in [-0.25, -0.2) is 4.98 Å². The van der Waals surface area contributed by atoms with Gasteiger partial charge >= 0.3 is 0 Å². The van der Waals surface area contributed by atoms with Crippen molar-refractivity contribution in [2.45, 2.75) is 18.6 Å². The maximum atomic E-state index is 11.9. The Balaban J connectivity index is 2.88. The number of aromatic nitrogens is 1. The molecule has 7 nitrogen and oxygen atoms in total. The molecule has 0 aliphatic heterocycles. The predicted octanol–water partition coefficient (Wildman–Crippen LogP) is 1.44. The van der Waals surface area contributed by atoms with E-state index in [1.807, 2.05) is 20.1 Å². The smallest absolute Gasteiger partial charge is 0.288 e. The Morgan fingerprint density at radius 1 is 1.63 bits per heavy atom. The minimum atomic E-state index is -0.616. The van der Waals surface area contributed by atoms with Gasteiger partial charge in [0.2, 0.25) is 0 Å². The molecule has 1 rings (SSSR count). The fourth-order valence-electron chi connectivity index (χ4n) is 1.21. The van der Waals surface area contributed by atoms with E-state index in [2.05, 4.69) is 10.3 Å². The largest absolute Gasteiger partial charge is 0.383 e. The van der Waals surface area contributed by atoms with Crippen LogP contribution in [-0.2, 0) is 0 Å². The third-order valence-corrected chi connectivity index (χ3v) is 3.84. The van der Waals surface area contributed by atoms with Crippen molar-refractivity contribution in [3.8, 4) is 0 Å². The van der Waals surface area contributed by atoms with Crippen LogP contribution >= 0.6 is 11.8 Å². The van der Waals surface area contributed by atoms with E-state index in [0.717, 1.165) is 12.3 Å². The predicted molar refractivity (Wildman–Crippen MR) is 75.2 cm³/mol. The van der Waals surface area contributed by atoms with Crippen molar-refractivity contribution in [1.82, 2.24) is 10.3 Å². The van der Waals surface area contributed by atoms with Crippen molar-refractivity contribution in [1.29, 1.82) is 0 Å². The van der Waals surface area contributed by atoms with E-state index in [4.69, 9.17) is 5.73 Å². The average molecular weight is 284 g/mol. The van der Waals surface area contributed by atoms with Crippen molar-refractivity contribution in [2.24, 2.45) is 0 Å². The van der Waals surface area contributed by atoms with Gasteiger partial charge in [-0.05, 0) is 20.1 Å². The number of amides is 1. The summed E-state index contributed by atoms with van der Waals surface area (Å²) in [5.74, 6) is -0.485. The minimum Gasteiger partial charge on any atom is -0.383 e. The van der Waals surface area contributed by atoms with Crippen LogP contribution < -0.4 is 11.1 Å². The molecule has 1 aromatic heterocycles. The molecule has 1 amide bonds. The summed E-state index contributed by atoms with van der Waals surface area (Å²) in [6.45, 7) is 4.38. The Kier molecular flexibility index (Phi) is 4.71. The van der Waals surface area contributed by atoms with E-state index >= 15 is 0 Å². The van der Waals surface area contributed by atoms with E-state index in [9.17, 15) is 14.9 Å². The molecule has 0 aliphatic carbocycles. The number of nitrogens with one attached hydrogen (secondary N) is 1. The number of hydrogen-bond donors (Lipinski definition) is 2. The lowest BCUT2D eigenvalue weighted by Crippen LogP contribution is -2.36. The molecule has 1 heterocycles. The SMILES string of the molecule is CSC(C)(C)CNC(=O)c1cc([N+](=O)[O-])cnc1N. The summed E-state index contributed by atoms with van der Waals surface area (Å²) in [6.07, 6.45) is 2.97. The second-order valence-corrected chi connectivity index (χ2v) is 6.04. The van der Waals surface area contributed by atoms with Gasteiger partial charge in [-0.3, -0.25) is 14.9 Å². The monoisotopic (exact) mass is 284 g/mol. The molecular formula is C11H16N4O3S. The summed E-state index contributed by atoms with van der Waals surface area (Å²) in [5.41, 5.74) is 5.32. The Morgan fingerprint density at radius 3 is 2.79 bits per heavy atom. The number of hydrogen-bond acceptors (Lipinski definition) is 6. The number of nitrogens with zero attached hydrogens (tertiary/aromatic N) is 2. The van der Waals surface area contributed by atoms with Gasteiger partial charge in [0.1, 0.15) is 12.0 Å². The zero-order valence-corrected chi connectivity index (χ0v) is 11.8. The number of anilines is 1. The second-order valence-electron chi connectivity index (χ2n) is 4.53. The summed E-state index contributed by atoms with van der Waals surface area (Å²) in [6, 6.07) is 1.13. The van der Waals surface area contributed by atoms with Crippen molar-refractivity contribution in [3.63, 3.8) is 0 Å². The number of rotatable bonds is 5. The molecule has 0 radical (unpaired) electrons. The molecule has 0 unspecified atom stereocenters. The summed E-state index contributed by atoms with van der Waals surface area (Å²) >= 11 is 1.61. The van der Waals surface area contributed by atoms with E-state index in [1.54, 1.807) is 11.8 Å². The normalized spacial score (nSPS) is 11.1. The Bertz CT molecular complexity index is 505. The van der Waals surface area contributed by atoms with Crippen LogP contribution in [-0.4, -0.2) is 33.4 Å². The van der Waals surface area contributed by atoms with Crippen LogP contribution in [0, 0.1) is 10.1 Å². The van der Waals surface area contributed by atoms with E-state index in [0.29, 0.717) is 6.54 Å². The molecule has 0 atom stereocenters. The van der Waals surface area contributed by atoms with Crippen LogP contribution in [0.5, 0.6) is 0 Å². The highest BCUT2D eigenvalue weighted by Crippen LogP contribution is 2.21. The first-order chi connectivity index (χ1) is 8.76. The van der Waals surface area contributed by atoms with Gasteiger partial charge in [0, 0.05) is 17.4 Å². The molecule has 0 aliphatic rings. The Hall–Kier alpha value is -1.83. The summed E-state index contributed by atoms with van der Waals surface area (Å²) < 4.78 is -0.126. The third-order valence-electron chi connectivity index (χ3n) is 2.59. The van der Waals surface area contributed by atoms with Crippen LogP contribution in [0.25, 0.3) is 0 Å². The van der Waals surface area contributed by atoms with Gasteiger partial charge in [-0.1, -0.05) is 0 Å². The quantitative estimate of drug-likeness (QED) is 0.625. The van der Waals surface area contributed by atoms with Crippen LogP contribution in [0.3, 0.4) is 0 Å². The summed E-state index contributed by atoms with van der Waals surface area (Å²) in [5, 5.41) is 13.3. The molecule has 0 aromatic carbocycles. The Labute approximate surface area is 115 Å². The third kappa shape index (κ3) is 4.09. The zero-order valence-electron chi connectivity index (χ0n) is 11.0. The van der Waals surface area contributed by atoms with Crippen LogP contribution in [0.4, 0.5) is 11.5 Å². The number of nitro groups is 1. The highest BCUT2D eigenvalue weighted by Gasteiger charge is 2.20. The second kappa shape index (κ2) is 5.87. The van der Waals surface area contributed by atoms with Crippen LogP contribution in [0.1, 0.15) is 24.2 Å². The minimum absolute atomic E-state index is 0.0195. The van der Waals surface area contributed by atoms with Gasteiger partial charge < -0.3 is 11.1 Å². The lowest BCUT2D eigenvalue weighted by molar-refractivity contribution is -0.385. The van der Waals surface area contributed by atoms with Gasteiger partial charge in [0.15, 0.2) is 0 Å². The van der Waals surface area contributed by atoms with Crippen LogP contribution in [0.15, 0.2) is 12.3 Å². The van der Waals surface area contributed by atoms with Gasteiger partial charge in [0.05, 0.1) is 10.5 Å². The molecular weight excluding hydrogens is 268 g/mol. The molecule has 104 valence electrons. The fraction of sp³-hybridized carbons (Fsp3) is 0.455. The number of nitrogens with two attached hydrogens (primary N) is 1. The van der Waals surface area contributed by atoms with Crippen molar-refractivity contribution in [3.05, 3.63) is 27.9 Å². The molecule has 8 heteroatoms. The van der Waals surface area contributed by atoms with E-state index in [1.165, 1.54) is 0 Å². The molecule has 0 fully saturated rings. The lowest BCUT2D eigenvalue weighted by Gasteiger charge is -2.22. The van der Waals surface area contributed by atoms with Crippen LogP contribution in [0.2, 0.25) is 0 Å². The molecule has 0 saturated heterocycles.